The van der Waals surface area contributed by atoms with E-state index in [-0.39, 0.29) is 17.7 Å². The first-order valence-corrected chi connectivity index (χ1v) is 12.6. The van der Waals surface area contributed by atoms with Gasteiger partial charge in [-0.05, 0) is 89.5 Å². The highest BCUT2D eigenvalue weighted by Gasteiger charge is 2.31. The largest absolute Gasteiger partial charge is 0.339 e. The summed E-state index contributed by atoms with van der Waals surface area (Å²) in [5.41, 5.74) is 0.872. The number of hydrogen-bond acceptors (Lipinski definition) is 5. The lowest BCUT2D eigenvalue weighted by Crippen LogP contribution is -2.52. The molecule has 2 aromatic rings. The summed E-state index contributed by atoms with van der Waals surface area (Å²) in [5, 5.41) is 5.59. The Hall–Kier alpha value is -2.42. The van der Waals surface area contributed by atoms with Gasteiger partial charge in [0, 0.05) is 30.9 Å². The quantitative estimate of drug-likeness (QED) is 0.590. The highest BCUT2D eigenvalue weighted by molar-refractivity contribution is 7.18. The van der Waals surface area contributed by atoms with Crippen molar-refractivity contribution in [1.29, 1.82) is 0 Å². The Morgan fingerprint density at radius 1 is 1.15 bits per heavy atom. The van der Waals surface area contributed by atoms with Gasteiger partial charge in [-0.15, -0.1) is 11.3 Å². The predicted octanol–water partition coefficient (Wildman–Crippen LogP) is 4.27. The molecule has 0 unspecified atom stereocenters. The van der Waals surface area contributed by atoms with E-state index in [4.69, 9.17) is 11.6 Å². The lowest BCUT2D eigenvalue weighted by atomic mass is 9.95. The first-order chi connectivity index (χ1) is 16.0. The highest BCUT2D eigenvalue weighted by Crippen LogP contribution is 2.24. The van der Waals surface area contributed by atoms with Crippen LogP contribution < -0.4 is 10.6 Å². The van der Waals surface area contributed by atoms with Crippen molar-refractivity contribution in [3.63, 3.8) is 0 Å². The molecule has 0 bridgehead atoms. The van der Waals surface area contributed by atoms with Crippen molar-refractivity contribution < 1.29 is 14.4 Å². The lowest BCUT2D eigenvalue weighted by molar-refractivity contribution is -0.120. The van der Waals surface area contributed by atoms with E-state index in [1.54, 1.807) is 44.2 Å². The summed E-state index contributed by atoms with van der Waals surface area (Å²) in [7, 11) is 4.16. The number of carbonyl (C=O) groups is 3. The zero-order valence-corrected chi connectivity index (χ0v) is 22.0. The van der Waals surface area contributed by atoms with Crippen molar-refractivity contribution >= 4 is 46.3 Å². The molecule has 3 amide bonds. The average molecular weight is 505 g/mol. The number of likely N-dealkylation sites (tertiary alicyclic amines) is 1. The highest BCUT2D eigenvalue weighted by atomic mass is 35.5. The molecule has 0 radical (unpaired) electrons. The van der Waals surface area contributed by atoms with Gasteiger partial charge in [-0.1, -0.05) is 11.6 Å². The van der Waals surface area contributed by atoms with Crippen molar-refractivity contribution in [2.24, 2.45) is 5.92 Å². The number of piperidine rings is 1. The van der Waals surface area contributed by atoms with Crippen LogP contribution in [0.2, 0.25) is 4.34 Å². The molecule has 7 nitrogen and oxygen atoms in total. The fourth-order valence-corrected chi connectivity index (χ4v) is 5.05. The van der Waals surface area contributed by atoms with E-state index in [0.717, 1.165) is 49.4 Å². The number of anilines is 1. The van der Waals surface area contributed by atoms with E-state index in [1.165, 1.54) is 0 Å². The topological polar surface area (TPSA) is 81.8 Å². The van der Waals surface area contributed by atoms with E-state index in [0.29, 0.717) is 26.4 Å². The number of aryl methyl sites for hydroxylation is 1. The number of nitrogens with one attached hydrogen (secondary N) is 2. The molecule has 0 spiro atoms. The van der Waals surface area contributed by atoms with Crippen LogP contribution in [0.15, 0.2) is 30.3 Å². The molecule has 2 heterocycles. The molecule has 0 saturated carbocycles. The van der Waals surface area contributed by atoms with Crippen LogP contribution in [0.4, 0.5) is 5.69 Å². The van der Waals surface area contributed by atoms with Gasteiger partial charge in [-0.3, -0.25) is 14.4 Å². The Balaban J connectivity index is 1.60. The van der Waals surface area contributed by atoms with Crippen LogP contribution in [0, 0.1) is 12.8 Å². The maximum Gasteiger partial charge on any atom is 0.262 e. The SMILES string of the molecule is Cc1cc(NC(=O)C(C)(C)NC(=O)c2ccc(Cl)s2)ccc1C(=O)N1CCC(CN(C)C)CC1. The molecule has 34 heavy (non-hydrogen) atoms. The zero-order valence-electron chi connectivity index (χ0n) is 20.4. The molecule has 1 aliphatic rings. The number of amides is 3. The number of rotatable bonds is 7. The molecule has 2 N–H and O–H groups in total. The van der Waals surface area contributed by atoms with Crippen LogP contribution in [0.5, 0.6) is 0 Å². The molecule has 184 valence electrons. The Bertz CT molecular complexity index is 1060. The second-order valence-electron chi connectivity index (χ2n) is 9.66. The Labute approximate surface area is 210 Å². The molecule has 1 saturated heterocycles. The van der Waals surface area contributed by atoms with Crippen LogP contribution in [0.25, 0.3) is 0 Å². The summed E-state index contributed by atoms with van der Waals surface area (Å²) in [6, 6.07) is 8.55. The number of benzene rings is 1. The van der Waals surface area contributed by atoms with Crippen molar-refractivity contribution in [1.82, 2.24) is 15.1 Å². The number of nitrogens with zero attached hydrogens (tertiary/aromatic N) is 2. The van der Waals surface area contributed by atoms with Crippen molar-refractivity contribution in [3.05, 3.63) is 50.7 Å². The Morgan fingerprint density at radius 3 is 2.38 bits per heavy atom. The standard InChI is InChI=1S/C25H33ClN4O3S/c1-16-14-18(27-24(33)25(2,3)28-22(31)20-8-9-21(26)34-20)6-7-19(16)23(32)30-12-10-17(11-13-30)15-29(4)5/h6-9,14,17H,10-13,15H2,1-5H3,(H,27,33)(H,28,31). The van der Waals surface area contributed by atoms with Gasteiger partial charge in [0.25, 0.3) is 11.8 Å². The van der Waals surface area contributed by atoms with Gasteiger partial charge in [0.15, 0.2) is 0 Å². The third-order valence-corrected chi connectivity index (χ3v) is 7.26. The zero-order chi connectivity index (χ0) is 25.0. The van der Waals surface area contributed by atoms with E-state index >= 15 is 0 Å². The van der Waals surface area contributed by atoms with Gasteiger partial charge in [0.05, 0.1) is 9.21 Å². The summed E-state index contributed by atoms with van der Waals surface area (Å²) in [4.78, 5) is 42.9. The van der Waals surface area contributed by atoms with E-state index in [1.807, 2.05) is 11.8 Å². The third kappa shape index (κ3) is 6.58. The minimum absolute atomic E-state index is 0.0286. The van der Waals surface area contributed by atoms with Crippen LogP contribution in [0.1, 0.15) is 52.3 Å². The first kappa shape index (κ1) is 26.2. The van der Waals surface area contributed by atoms with Crippen LogP contribution in [-0.4, -0.2) is 66.8 Å². The molecule has 1 aromatic heterocycles. The number of hydrogen-bond donors (Lipinski definition) is 2. The summed E-state index contributed by atoms with van der Waals surface area (Å²) >= 11 is 7.06. The molecule has 1 aromatic carbocycles. The van der Waals surface area contributed by atoms with Gasteiger partial charge < -0.3 is 20.4 Å². The van der Waals surface area contributed by atoms with Gasteiger partial charge in [-0.2, -0.15) is 0 Å². The maximum atomic E-state index is 13.1. The maximum absolute atomic E-state index is 13.1. The number of halogens is 1. The number of carbonyl (C=O) groups excluding carboxylic acids is 3. The second-order valence-corrected chi connectivity index (χ2v) is 11.4. The summed E-state index contributed by atoms with van der Waals surface area (Å²) in [6.45, 7) is 7.72. The van der Waals surface area contributed by atoms with Gasteiger partial charge in [0.2, 0.25) is 5.91 Å². The monoisotopic (exact) mass is 504 g/mol. The molecule has 0 atom stereocenters. The van der Waals surface area contributed by atoms with Gasteiger partial charge in [-0.25, -0.2) is 0 Å². The fraction of sp³-hybridized carbons (Fsp3) is 0.480. The van der Waals surface area contributed by atoms with Gasteiger partial charge in [0.1, 0.15) is 5.54 Å². The minimum atomic E-state index is -1.15. The van der Waals surface area contributed by atoms with Crippen molar-refractivity contribution in [3.8, 4) is 0 Å². The second kappa shape index (κ2) is 10.9. The number of thiophene rings is 1. The van der Waals surface area contributed by atoms with E-state index in [2.05, 4.69) is 29.6 Å². The lowest BCUT2D eigenvalue weighted by Gasteiger charge is -2.33. The fourth-order valence-electron chi connectivity index (χ4n) is 4.11. The van der Waals surface area contributed by atoms with Crippen molar-refractivity contribution in [2.75, 3.05) is 39.0 Å². The smallest absolute Gasteiger partial charge is 0.262 e. The molecule has 0 aliphatic carbocycles. The Kier molecular flexibility index (Phi) is 8.38. The predicted molar refractivity (Wildman–Crippen MR) is 138 cm³/mol. The van der Waals surface area contributed by atoms with Crippen LogP contribution in [0.3, 0.4) is 0 Å². The van der Waals surface area contributed by atoms with E-state index < -0.39 is 5.54 Å². The minimum Gasteiger partial charge on any atom is -0.339 e. The summed E-state index contributed by atoms with van der Waals surface area (Å²) < 4.78 is 0.510. The van der Waals surface area contributed by atoms with Crippen LogP contribution >= 0.6 is 22.9 Å². The molecule has 9 heteroatoms. The Morgan fingerprint density at radius 2 is 1.82 bits per heavy atom. The van der Waals surface area contributed by atoms with E-state index in [9.17, 15) is 14.4 Å². The van der Waals surface area contributed by atoms with Crippen LogP contribution in [-0.2, 0) is 4.79 Å². The first-order valence-electron chi connectivity index (χ1n) is 11.4. The van der Waals surface area contributed by atoms with Crippen molar-refractivity contribution in [2.45, 2.75) is 39.2 Å². The molecule has 1 fully saturated rings. The molecular formula is C25H33ClN4O3S. The molecule has 3 rings (SSSR count). The normalized spacial score (nSPS) is 14.9. The summed E-state index contributed by atoms with van der Waals surface area (Å²) in [5.74, 6) is -0.0623. The average Bonchev–Trinajstić information content (AvgIpc) is 3.20. The molecule has 1 aliphatic heterocycles. The molecular weight excluding hydrogens is 472 g/mol. The third-order valence-electron chi connectivity index (χ3n) is 6.03. The summed E-state index contributed by atoms with van der Waals surface area (Å²) in [6.07, 6.45) is 2.02. The van der Waals surface area contributed by atoms with Gasteiger partial charge >= 0.3 is 0 Å².